The average molecular weight is 704 g/mol. The Kier molecular flexibility index (Phi) is 6.72. The molecular weight excluding hydrogens is 663 g/mol. The summed E-state index contributed by atoms with van der Waals surface area (Å²) in [4.78, 5) is 2.48. The van der Waals surface area contributed by atoms with E-state index in [4.69, 9.17) is 0 Å². The number of anilines is 3. The topological polar surface area (TPSA) is 3.24 Å². The van der Waals surface area contributed by atoms with Crippen LogP contribution in [0.3, 0.4) is 0 Å². The van der Waals surface area contributed by atoms with Crippen LogP contribution in [-0.4, -0.2) is 0 Å². The van der Waals surface area contributed by atoms with Crippen LogP contribution in [0.25, 0.3) is 44.5 Å². The van der Waals surface area contributed by atoms with Gasteiger partial charge in [0.1, 0.15) is 0 Å². The number of rotatable bonds is 4. The Morgan fingerprint density at radius 1 is 0.327 bits per heavy atom. The summed E-state index contributed by atoms with van der Waals surface area (Å²) in [6.07, 6.45) is 0. The highest BCUT2D eigenvalue weighted by molar-refractivity contribution is 5.97. The Labute approximate surface area is 324 Å². The van der Waals surface area contributed by atoms with E-state index < -0.39 is 5.41 Å². The molecule has 0 fully saturated rings. The molecule has 0 saturated heterocycles. The second-order valence-corrected chi connectivity index (χ2v) is 16.3. The summed E-state index contributed by atoms with van der Waals surface area (Å²) in [5.74, 6) is 0. The summed E-state index contributed by atoms with van der Waals surface area (Å²) in [5.41, 5.74) is 24.1. The molecule has 0 bridgehead atoms. The van der Waals surface area contributed by atoms with Crippen molar-refractivity contribution in [2.75, 3.05) is 4.90 Å². The minimum Gasteiger partial charge on any atom is -0.310 e. The molecule has 3 aliphatic carbocycles. The van der Waals surface area contributed by atoms with Crippen LogP contribution in [0.1, 0.15) is 58.4 Å². The Morgan fingerprint density at radius 2 is 0.745 bits per heavy atom. The van der Waals surface area contributed by atoms with Gasteiger partial charge in [-0.15, -0.1) is 0 Å². The van der Waals surface area contributed by atoms with Crippen LogP contribution in [0.4, 0.5) is 17.1 Å². The molecule has 0 radical (unpaired) electrons. The second-order valence-electron chi connectivity index (χ2n) is 16.3. The summed E-state index contributed by atoms with van der Waals surface area (Å²) in [6.45, 7) is 9.20. The van der Waals surface area contributed by atoms with Gasteiger partial charge < -0.3 is 4.90 Å². The van der Waals surface area contributed by atoms with Gasteiger partial charge in [0.15, 0.2) is 0 Å². The van der Waals surface area contributed by atoms with Crippen LogP contribution in [-0.2, 0) is 10.8 Å². The number of aryl methyl sites for hydroxylation is 2. The highest BCUT2D eigenvalue weighted by atomic mass is 15.1. The highest BCUT2D eigenvalue weighted by Gasteiger charge is 2.52. The third-order valence-corrected chi connectivity index (χ3v) is 12.8. The Balaban J connectivity index is 1.16. The van der Waals surface area contributed by atoms with Crippen molar-refractivity contribution >= 4 is 17.1 Å². The van der Waals surface area contributed by atoms with E-state index in [9.17, 15) is 0 Å². The lowest BCUT2D eigenvalue weighted by Crippen LogP contribution is -2.26. The van der Waals surface area contributed by atoms with Crippen molar-refractivity contribution in [1.29, 1.82) is 0 Å². The predicted molar refractivity (Wildman–Crippen MR) is 230 cm³/mol. The molecule has 0 amide bonds. The maximum atomic E-state index is 2.51. The molecule has 55 heavy (non-hydrogen) atoms. The number of hydrogen-bond acceptors (Lipinski definition) is 1. The quantitative estimate of drug-likeness (QED) is 0.176. The number of fused-ring (bicyclic) bond motifs is 13. The number of nitrogens with zero attached hydrogens (tertiary/aromatic N) is 1. The van der Waals surface area contributed by atoms with Gasteiger partial charge in [0.05, 0.1) is 5.41 Å². The zero-order chi connectivity index (χ0) is 37.1. The molecule has 0 aliphatic heterocycles. The Hall–Kier alpha value is -6.44. The molecule has 11 rings (SSSR count). The van der Waals surface area contributed by atoms with Crippen molar-refractivity contribution in [2.24, 2.45) is 0 Å². The molecule has 262 valence electrons. The average Bonchev–Trinajstić information content (AvgIpc) is 3.76. The standard InChI is InChI=1S/C54H41N/c1-34-18-26-44-45-27-19-35(2)31-51(45)54(50(44)30-34)48-17-11-9-15-42(48)46-29-25-40(33-52(46)54)55(38-22-20-37(21-23-38)36-12-6-5-7-13-36)39-24-28-43-41-14-8-10-16-47(41)53(3,4)49(43)32-39/h5-33H,1-4H3. The van der Waals surface area contributed by atoms with Crippen molar-refractivity contribution < 1.29 is 0 Å². The van der Waals surface area contributed by atoms with E-state index in [1.807, 2.05) is 0 Å². The van der Waals surface area contributed by atoms with Gasteiger partial charge in [-0.25, -0.2) is 0 Å². The van der Waals surface area contributed by atoms with E-state index >= 15 is 0 Å². The molecule has 0 aromatic heterocycles. The highest BCUT2D eigenvalue weighted by Crippen LogP contribution is 2.63. The van der Waals surface area contributed by atoms with Gasteiger partial charge in [0.25, 0.3) is 0 Å². The maximum Gasteiger partial charge on any atom is 0.0726 e. The molecule has 0 atom stereocenters. The minimum atomic E-state index is -0.422. The van der Waals surface area contributed by atoms with Gasteiger partial charge in [0.2, 0.25) is 0 Å². The summed E-state index contributed by atoms with van der Waals surface area (Å²) in [6, 6.07) is 66.3. The summed E-state index contributed by atoms with van der Waals surface area (Å²) in [7, 11) is 0. The van der Waals surface area contributed by atoms with E-state index in [0.29, 0.717) is 0 Å². The third kappa shape index (κ3) is 4.41. The van der Waals surface area contributed by atoms with Crippen molar-refractivity contribution in [1.82, 2.24) is 0 Å². The van der Waals surface area contributed by atoms with Crippen LogP contribution in [0, 0.1) is 13.8 Å². The molecular formula is C54H41N. The molecule has 8 aromatic rings. The molecule has 0 heterocycles. The summed E-state index contributed by atoms with van der Waals surface area (Å²) in [5, 5.41) is 0. The monoisotopic (exact) mass is 703 g/mol. The smallest absolute Gasteiger partial charge is 0.0726 e. The molecule has 0 unspecified atom stereocenters. The van der Waals surface area contributed by atoms with Crippen molar-refractivity contribution in [3.05, 3.63) is 220 Å². The van der Waals surface area contributed by atoms with E-state index in [2.05, 4.69) is 209 Å². The summed E-state index contributed by atoms with van der Waals surface area (Å²) >= 11 is 0. The first-order valence-corrected chi connectivity index (χ1v) is 19.5. The fourth-order valence-corrected chi connectivity index (χ4v) is 10.3. The van der Waals surface area contributed by atoms with Gasteiger partial charge in [-0.05, 0) is 128 Å². The normalized spacial score (nSPS) is 14.5. The van der Waals surface area contributed by atoms with Gasteiger partial charge in [-0.1, -0.05) is 165 Å². The Morgan fingerprint density at radius 3 is 1.36 bits per heavy atom. The fraction of sp³-hybridized carbons (Fsp3) is 0.111. The summed E-state index contributed by atoms with van der Waals surface area (Å²) < 4.78 is 0. The predicted octanol–water partition coefficient (Wildman–Crippen LogP) is 14.1. The van der Waals surface area contributed by atoms with Crippen LogP contribution in [0.5, 0.6) is 0 Å². The molecule has 1 nitrogen and oxygen atoms in total. The zero-order valence-corrected chi connectivity index (χ0v) is 31.7. The van der Waals surface area contributed by atoms with E-state index in [1.54, 1.807) is 0 Å². The molecule has 3 aliphatic rings. The number of benzene rings is 8. The van der Waals surface area contributed by atoms with Crippen molar-refractivity contribution in [3.63, 3.8) is 0 Å². The third-order valence-electron chi connectivity index (χ3n) is 12.8. The van der Waals surface area contributed by atoms with Crippen molar-refractivity contribution in [3.8, 4) is 44.5 Å². The minimum absolute atomic E-state index is 0.110. The zero-order valence-electron chi connectivity index (χ0n) is 31.7. The van der Waals surface area contributed by atoms with Gasteiger partial charge in [-0.3, -0.25) is 0 Å². The lowest BCUT2D eigenvalue weighted by molar-refractivity contribution is 0.660. The number of hydrogen-bond donors (Lipinski definition) is 0. The van der Waals surface area contributed by atoms with Crippen LogP contribution in [0.2, 0.25) is 0 Å². The lowest BCUT2D eigenvalue weighted by atomic mass is 9.70. The van der Waals surface area contributed by atoms with E-state index in [-0.39, 0.29) is 5.41 Å². The first-order valence-electron chi connectivity index (χ1n) is 19.5. The first-order chi connectivity index (χ1) is 26.8. The SMILES string of the molecule is Cc1ccc2c(c1)C1(c3ccccc3-c3ccc(N(c4ccc(-c5ccccc5)cc4)c4ccc5c(c4)C(C)(C)c4ccccc4-5)cc31)c1cc(C)ccc1-2. The van der Waals surface area contributed by atoms with Gasteiger partial charge in [0, 0.05) is 22.5 Å². The van der Waals surface area contributed by atoms with Crippen LogP contribution >= 0.6 is 0 Å². The first kappa shape index (κ1) is 32.0. The second kappa shape index (κ2) is 11.5. The lowest BCUT2D eigenvalue weighted by Gasteiger charge is -2.33. The Bertz CT molecular complexity index is 2810. The van der Waals surface area contributed by atoms with Gasteiger partial charge in [-0.2, -0.15) is 0 Å². The van der Waals surface area contributed by atoms with Gasteiger partial charge >= 0.3 is 0 Å². The molecule has 1 heteroatoms. The van der Waals surface area contributed by atoms with E-state index in [0.717, 1.165) is 17.1 Å². The molecule has 8 aromatic carbocycles. The fourth-order valence-electron chi connectivity index (χ4n) is 10.3. The molecule has 0 N–H and O–H groups in total. The largest absolute Gasteiger partial charge is 0.310 e. The van der Waals surface area contributed by atoms with Crippen molar-refractivity contribution in [2.45, 2.75) is 38.5 Å². The van der Waals surface area contributed by atoms with Crippen LogP contribution in [0.15, 0.2) is 176 Å². The maximum absolute atomic E-state index is 2.51. The molecule has 1 spiro atoms. The van der Waals surface area contributed by atoms with Crippen LogP contribution < -0.4 is 4.90 Å². The molecule has 0 saturated carbocycles. The van der Waals surface area contributed by atoms with E-state index in [1.165, 1.54) is 89.0 Å².